The van der Waals surface area contributed by atoms with E-state index < -0.39 is 29.9 Å². The summed E-state index contributed by atoms with van der Waals surface area (Å²) in [6.07, 6.45) is 2.30. The van der Waals surface area contributed by atoms with E-state index in [1.165, 1.54) is 7.11 Å². The molecule has 190 valence electrons. The largest absolute Gasteiger partial charge is 0.497 e. The van der Waals surface area contributed by atoms with E-state index in [4.69, 9.17) is 9.47 Å². The van der Waals surface area contributed by atoms with Gasteiger partial charge in [0.05, 0.1) is 14.2 Å². The Morgan fingerprint density at radius 2 is 1.51 bits per heavy atom. The fraction of sp³-hybridized carbons (Fsp3) is 0.207. The van der Waals surface area contributed by atoms with Crippen LogP contribution in [0.1, 0.15) is 21.5 Å². The van der Waals surface area contributed by atoms with Crippen molar-refractivity contribution in [1.82, 2.24) is 15.6 Å². The number of aromatic nitrogens is 1. The lowest BCUT2D eigenvalue weighted by Crippen LogP contribution is -2.53. The maximum atomic E-state index is 13.5. The lowest BCUT2D eigenvalue weighted by atomic mass is 10.0. The molecule has 0 saturated carbocycles. The molecular formula is C29H29N3O5. The number of esters is 1. The van der Waals surface area contributed by atoms with Crippen LogP contribution in [0.5, 0.6) is 5.75 Å². The topological polar surface area (TPSA) is 110 Å². The van der Waals surface area contributed by atoms with Crippen LogP contribution in [-0.2, 0) is 27.2 Å². The predicted octanol–water partition coefficient (Wildman–Crippen LogP) is 3.42. The van der Waals surface area contributed by atoms with Crippen molar-refractivity contribution >= 4 is 28.7 Å². The second kappa shape index (κ2) is 11.9. The summed E-state index contributed by atoms with van der Waals surface area (Å²) < 4.78 is 10.1. The predicted molar refractivity (Wildman–Crippen MR) is 140 cm³/mol. The first kappa shape index (κ1) is 25.5. The number of H-pyrrole nitrogens is 1. The summed E-state index contributed by atoms with van der Waals surface area (Å²) in [4.78, 5) is 42.3. The van der Waals surface area contributed by atoms with E-state index in [1.807, 2.05) is 60.8 Å². The molecule has 37 heavy (non-hydrogen) atoms. The summed E-state index contributed by atoms with van der Waals surface area (Å²) in [6.45, 7) is 0. The molecule has 0 bridgehead atoms. The Morgan fingerprint density at radius 3 is 2.22 bits per heavy atom. The van der Waals surface area contributed by atoms with Crippen LogP contribution in [0.25, 0.3) is 10.9 Å². The zero-order chi connectivity index (χ0) is 26.2. The van der Waals surface area contributed by atoms with Gasteiger partial charge in [-0.25, -0.2) is 4.79 Å². The number of nitrogens with one attached hydrogen (secondary N) is 3. The minimum absolute atomic E-state index is 0.219. The van der Waals surface area contributed by atoms with Gasteiger partial charge in [0.2, 0.25) is 5.91 Å². The van der Waals surface area contributed by atoms with Gasteiger partial charge in [-0.1, -0.05) is 48.5 Å². The number of benzene rings is 3. The highest BCUT2D eigenvalue weighted by Gasteiger charge is 2.28. The smallest absolute Gasteiger partial charge is 0.328 e. The number of hydrogen-bond acceptors (Lipinski definition) is 5. The monoisotopic (exact) mass is 499 g/mol. The molecule has 8 nitrogen and oxygen atoms in total. The van der Waals surface area contributed by atoms with Crippen LogP contribution in [-0.4, -0.2) is 49.1 Å². The van der Waals surface area contributed by atoms with Crippen LogP contribution in [0.4, 0.5) is 0 Å². The third kappa shape index (κ3) is 6.35. The maximum Gasteiger partial charge on any atom is 0.328 e. The van der Waals surface area contributed by atoms with Crippen molar-refractivity contribution in [3.63, 3.8) is 0 Å². The van der Waals surface area contributed by atoms with Crippen LogP contribution in [0.15, 0.2) is 85.1 Å². The molecule has 3 N–H and O–H groups in total. The Kier molecular flexibility index (Phi) is 8.20. The van der Waals surface area contributed by atoms with Gasteiger partial charge in [-0.05, 0) is 41.5 Å². The summed E-state index contributed by atoms with van der Waals surface area (Å²) in [5, 5.41) is 6.59. The molecule has 0 fully saturated rings. The molecule has 4 aromatic rings. The highest BCUT2D eigenvalue weighted by molar-refractivity contribution is 5.98. The molecule has 3 aromatic carbocycles. The molecule has 0 aliphatic carbocycles. The number of rotatable bonds is 10. The Labute approximate surface area is 215 Å². The molecule has 0 aliphatic rings. The third-order valence-corrected chi connectivity index (χ3v) is 6.16. The van der Waals surface area contributed by atoms with E-state index in [9.17, 15) is 14.4 Å². The molecule has 0 saturated heterocycles. The number of para-hydroxylation sites is 1. The first-order chi connectivity index (χ1) is 18.0. The molecule has 0 spiro atoms. The summed E-state index contributed by atoms with van der Waals surface area (Å²) >= 11 is 0. The number of amides is 2. The zero-order valence-electron chi connectivity index (χ0n) is 20.7. The van der Waals surface area contributed by atoms with Crippen LogP contribution in [0.3, 0.4) is 0 Å². The summed E-state index contributed by atoms with van der Waals surface area (Å²) in [6, 6.07) is 21.8. The fourth-order valence-corrected chi connectivity index (χ4v) is 4.17. The molecule has 2 amide bonds. The van der Waals surface area contributed by atoms with Crippen molar-refractivity contribution < 1.29 is 23.9 Å². The molecule has 0 aliphatic heterocycles. The van der Waals surface area contributed by atoms with Gasteiger partial charge in [-0.15, -0.1) is 0 Å². The van der Waals surface area contributed by atoms with Crippen molar-refractivity contribution in [1.29, 1.82) is 0 Å². The highest BCUT2D eigenvalue weighted by atomic mass is 16.5. The van der Waals surface area contributed by atoms with E-state index in [1.54, 1.807) is 31.4 Å². The van der Waals surface area contributed by atoms with Crippen molar-refractivity contribution in [2.75, 3.05) is 14.2 Å². The fourth-order valence-electron chi connectivity index (χ4n) is 4.17. The summed E-state index contributed by atoms with van der Waals surface area (Å²) in [7, 11) is 2.82. The Morgan fingerprint density at radius 1 is 0.811 bits per heavy atom. The molecular weight excluding hydrogens is 470 g/mol. The number of methoxy groups -OCH3 is 2. The third-order valence-electron chi connectivity index (χ3n) is 6.16. The van der Waals surface area contributed by atoms with Gasteiger partial charge < -0.3 is 25.1 Å². The first-order valence-electron chi connectivity index (χ1n) is 11.9. The summed E-state index contributed by atoms with van der Waals surface area (Å²) in [5.74, 6) is -0.852. The minimum atomic E-state index is -0.947. The zero-order valence-corrected chi connectivity index (χ0v) is 20.7. The number of carbonyl (C=O) groups is 3. The SMILES string of the molecule is COC(=O)[C@@H](Cc1ccccc1)NC(=O)[C@@H](Cc1c[nH]c2ccccc12)NC(=O)c1ccc(OC)cc1. The number of carbonyl (C=O) groups excluding carboxylic acids is 3. The van der Waals surface area contributed by atoms with Crippen molar-refractivity contribution in [2.45, 2.75) is 24.9 Å². The Hall–Kier alpha value is -4.59. The van der Waals surface area contributed by atoms with Gasteiger partial charge in [-0.2, -0.15) is 0 Å². The Bertz CT molecular complexity index is 1370. The van der Waals surface area contributed by atoms with Gasteiger partial charge in [0.1, 0.15) is 17.8 Å². The van der Waals surface area contributed by atoms with Gasteiger partial charge in [0, 0.05) is 35.5 Å². The second-order valence-electron chi connectivity index (χ2n) is 8.59. The number of hydrogen-bond donors (Lipinski definition) is 3. The lowest BCUT2D eigenvalue weighted by Gasteiger charge is -2.22. The van der Waals surface area contributed by atoms with Crippen LogP contribution < -0.4 is 15.4 Å². The molecule has 4 rings (SSSR count). The Balaban J connectivity index is 1.58. The van der Waals surface area contributed by atoms with Gasteiger partial charge >= 0.3 is 5.97 Å². The molecule has 2 atom stereocenters. The highest BCUT2D eigenvalue weighted by Crippen LogP contribution is 2.20. The average Bonchev–Trinajstić information content (AvgIpc) is 3.35. The number of aromatic amines is 1. The van der Waals surface area contributed by atoms with E-state index >= 15 is 0 Å². The standard InChI is InChI=1S/C29H29N3O5/c1-36-22-14-12-20(13-15-22)27(33)31-25(17-21-18-30-24-11-7-6-10-23(21)24)28(34)32-26(29(35)37-2)16-19-8-4-3-5-9-19/h3-15,18,25-26,30H,16-17H2,1-2H3,(H,31,33)(H,32,34)/t25-,26-/m1/s1. The van der Waals surface area contributed by atoms with Gasteiger partial charge in [0.25, 0.3) is 5.91 Å². The molecule has 1 heterocycles. The van der Waals surface area contributed by atoms with Crippen molar-refractivity contribution in [3.05, 3.63) is 102 Å². The second-order valence-corrected chi connectivity index (χ2v) is 8.59. The van der Waals surface area contributed by atoms with Gasteiger partial charge in [-0.3, -0.25) is 9.59 Å². The average molecular weight is 500 g/mol. The molecule has 1 aromatic heterocycles. The van der Waals surface area contributed by atoms with Crippen LogP contribution in [0, 0.1) is 0 Å². The number of fused-ring (bicyclic) bond motifs is 1. The van der Waals surface area contributed by atoms with Crippen LogP contribution >= 0.6 is 0 Å². The molecule has 0 unspecified atom stereocenters. The first-order valence-corrected chi connectivity index (χ1v) is 11.9. The van der Waals surface area contributed by atoms with E-state index in [-0.39, 0.29) is 12.8 Å². The molecule has 8 heteroatoms. The quantitative estimate of drug-likeness (QED) is 0.290. The van der Waals surface area contributed by atoms with Crippen molar-refractivity contribution in [3.8, 4) is 5.75 Å². The van der Waals surface area contributed by atoms with E-state index in [0.29, 0.717) is 11.3 Å². The lowest BCUT2D eigenvalue weighted by molar-refractivity contribution is -0.145. The van der Waals surface area contributed by atoms with Crippen molar-refractivity contribution in [2.24, 2.45) is 0 Å². The van der Waals surface area contributed by atoms with E-state index in [0.717, 1.165) is 22.0 Å². The summed E-state index contributed by atoms with van der Waals surface area (Å²) in [5.41, 5.74) is 3.04. The van der Waals surface area contributed by atoms with Crippen LogP contribution in [0.2, 0.25) is 0 Å². The van der Waals surface area contributed by atoms with Gasteiger partial charge in [0.15, 0.2) is 0 Å². The maximum absolute atomic E-state index is 13.5. The molecule has 0 radical (unpaired) electrons. The minimum Gasteiger partial charge on any atom is -0.497 e. The van der Waals surface area contributed by atoms with E-state index in [2.05, 4.69) is 15.6 Å². The number of ether oxygens (including phenoxy) is 2. The normalized spacial score (nSPS) is 12.4.